The Kier molecular flexibility index (Phi) is 9.58. The Bertz CT molecular complexity index is 1290. The lowest BCUT2D eigenvalue weighted by atomic mass is 9.99. The number of rotatable bonds is 8. The van der Waals surface area contributed by atoms with Gasteiger partial charge in [-0.15, -0.1) is 0 Å². The van der Waals surface area contributed by atoms with Gasteiger partial charge in [0.15, 0.2) is 0 Å². The van der Waals surface area contributed by atoms with Gasteiger partial charge in [0.25, 0.3) is 0 Å². The topological polar surface area (TPSA) is 78.9 Å². The predicted octanol–water partition coefficient (Wildman–Crippen LogP) is 6.80. The summed E-state index contributed by atoms with van der Waals surface area (Å²) < 4.78 is 90.2. The van der Waals surface area contributed by atoms with Gasteiger partial charge in [0.05, 0.1) is 30.8 Å². The fourth-order valence-corrected chi connectivity index (χ4v) is 6.19. The van der Waals surface area contributed by atoms with Crippen LogP contribution in [0.3, 0.4) is 0 Å². The van der Waals surface area contributed by atoms with Crippen LogP contribution in [0.1, 0.15) is 42.4 Å². The average Bonchev–Trinajstić information content (AvgIpc) is 3.32. The number of nitrogens with zero attached hydrogens (tertiary/aromatic N) is 1. The van der Waals surface area contributed by atoms with Crippen LogP contribution in [-0.4, -0.2) is 54.2 Å². The number of carbonyl (C=O) groups is 2. The normalized spacial score (nSPS) is 20.0. The summed E-state index contributed by atoms with van der Waals surface area (Å²) in [5.41, 5.74) is -3.93. The molecule has 0 aromatic heterocycles. The van der Waals surface area contributed by atoms with E-state index in [1.54, 1.807) is 12.1 Å². The van der Waals surface area contributed by atoms with Crippen molar-refractivity contribution in [1.82, 2.24) is 4.90 Å². The van der Waals surface area contributed by atoms with Crippen molar-refractivity contribution in [2.24, 2.45) is 5.92 Å². The number of aliphatic carboxylic acids is 1. The van der Waals surface area contributed by atoms with Gasteiger partial charge in [-0.25, -0.2) is 0 Å². The van der Waals surface area contributed by atoms with E-state index in [1.807, 2.05) is 0 Å². The van der Waals surface area contributed by atoms with Gasteiger partial charge in [0.2, 0.25) is 5.91 Å². The molecule has 2 atom stereocenters. The van der Waals surface area contributed by atoms with Gasteiger partial charge in [-0.1, -0.05) is 30.3 Å². The van der Waals surface area contributed by atoms with E-state index >= 15 is 0 Å². The maximum atomic E-state index is 14.2. The molecule has 0 bridgehead atoms. The van der Waals surface area contributed by atoms with Gasteiger partial charge in [0.1, 0.15) is 0 Å². The molecule has 2 N–H and O–H groups in total. The minimum Gasteiger partial charge on any atom is -0.481 e. The molecule has 1 heterocycles. The lowest BCUT2D eigenvalue weighted by Crippen LogP contribution is -2.39. The highest BCUT2D eigenvalue weighted by Crippen LogP contribution is 2.48. The van der Waals surface area contributed by atoms with E-state index < -0.39 is 45.8 Å². The first-order valence-electron chi connectivity index (χ1n) is 13.0. The van der Waals surface area contributed by atoms with Crippen molar-refractivity contribution in [1.29, 1.82) is 0 Å². The molecule has 0 spiro atoms. The average molecular weight is 603 g/mol. The molecule has 6 nitrogen and oxygen atoms in total. The van der Waals surface area contributed by atoms with Crippen molar-refractivity contribution < 1.29 is 45.8 Å². The number of carbonyl (C=O) groups excluding carboxylic acids is 1. The van der Waals surface area contributed by atoms with E-state index in [2.05, 4.69) is 5.32 Å². The molecule has 13 heteroatoms. The number of anilines is 1. The standard InChI is InChI=1S/C28H28F6N2O4S/c29-27(30,31)25-17(8-10-23(37)36-11-13-40-14-12-36)7-9-22(26(25)28(32,33)34)41-20-5-2-4-19(16-20)35-21-6-1-3-18(21)15-24(38)39/h2,4-5,7-10,16,18,21,35H,1,3,6,11-15H2,(H,38,39). The number of halogens is 6. The summed E-state index contributed by atoms with van der Waals surface area (Å²) in [5.74, 6) is -1.65. The second kappa shape index (κ2) is 12.8. The molecular weight excluding hydrogens is 574 g/mol. The summed E-state index contributed by atoms with van der Waals surface area (Å²) in [4.78, 5) is 24.5. The van der Waals surface area contributed by atoms with Gasteiger partial charge in [-0.2, -0.15) is 26.3 Å². The van der Waals surface area contributed by atoms with E-state index in [4.69, 9.17) is 9.84 Å². The number of nitrogens with one attached hydrogen (secondary N) is 1. The molecule has 4 rings (SSSR count). The lowest BCUT2D eigenvalue weighted by Gasteiger charge is -2.25. The largest absolute Gasteiger partial charge is 0.481 e. The highest BCUT2D eigenvalue weighted by Gasteiger charge is 2.46. The van der Waals surface area contributed by atoms with Crippen molar-refractivity contribution in [3.05, 3.63) is 59.2 Å². The van der Waals surface area contributed by atoms with Gasteiger partial charge >= 0.3 is 18.3 Å². The lowest BCUT2D eigenvalue weighted by molar-refractivity contribution is -0.163. The Morgan fingerprint density at radius 1 is 1.02 bits per heavy atom. The molecule has 2 fully saturated rings. The number of amides is 1. The second-order valence-electron chi connectivity index (χ2n) is 9.84. The third kappa shape index (κ3) is 7.97. The van der Waals surface area contributed by atoms with E-state index in [0.717, 1.165) is 43.5 Å². The summed E-state index contributed by atoms with van der Waals surface area (Å²) in [6, 6.07) is 8.02. The molecule has 1 aliphatic carbocycles. The predicted molar refractivity (Wildman–Crippen MR) is 140 cm³/mol. The first-order valence-corrected chi connectivity index (χ1v) is 13.8. The molecule has 222 valence electrons. The number of hydrogen-bond donors (Lipinski definition) is 2. The van der Waals surface area contributed by atoms with Crippen LogP contribution in [0.4, 0.5) is 32.0 Å². The zero-order chi connectivity index (χ0) is 29.8. The number of carboxylic acids is 1. The third-order valence-electron chi connectivity index (χ3n) is 7.00. The van der Waals surface area contributed by atoms with E-state index in [0.29, 0.717) is 17.4 Å². The first-order chi connectivity index (χ1) is 19.3. The van der Waals surface area contributed by atoms with Crippen LogP contribution in [0.25, 0.3) is 6.08 Å². The fraction of sp³-hybridized carbons (Fsp3) is 0.429. The van der Waals surface area contributed by atoms with Crippen LogP contribution < -0.4 is 5.32 Å². The molecule has 2 aliphatic rings. The molecule has 1 amide bonds. The number of benzene rings is 2. The molecule has 1 saturated heterocycles. The number of carboxylic acid groups (broad SMARTS) is 1. The summed E-state index contributed by atoms with van der Waals surface area (Å²) in [6.45, 7) is 0.983. The van der Waals surface area contributed by atoms with Crippen molar-refractivity contribution >= 4 is 35.4 Å². The second-order valence-corrected chi connectivity index (χ2v) is 11.0. The highest BCUT2D eigenvalue weighted by molar-refractivity contribution is 7.99. The summed E-state index contributed by atoms with van der Waals surface area (Å²) >= 11 is 0.543. The molecule has 2 aromatic rings. The van der Waals surface area contributed by atoms with Gasteiger partial charge in [0, 0.05) is 40.7 Å². The van der Waals surface area contributed by atoms with Gasteiger partial charge in [-0.3, -0.25) is 9.59 Å². The molecule has 1 saturated carbocycles. The van der Waals surface area contributed by atoms with Crippen molar-refractivity contribution in [2.75, 3.05) is 31.6 Å². The summed E-state index contributed by atoms with van der Waals surface area (Å²) in [6.07, 6.45) is -6.80. The zero-order valence-corrected chi connectivity index (χ0v) is 22.5. The minimum atomic E-state index is -5.35. The van der Waals surface area contributed by atoms with E-state index in [1.165, 1.54) is 17.0 Å². The Hall–Kier alpha value is -3.19. The summed E-state index contributed by atoms with van der Waals surface area (Å²) in [5, 5.41) is 12.4. The van der Waals surface area contributed by atoms with Gasteiger partial charge in [-0.05, 0) is 54.7 Å². The minimum absolute atomic E-state index is 0.0138. The third-order valence-corrected chi connectivity index (χ3v) is 8.05. The molecule has 2 unspecified atom stereocenters. The molecular formula is C28H28F6N2O4S. The van der Waals surface area contributed by atoms with Crippen LogP contribution >= 0.6 is 11.8 Å². The number of morpholine rings is 1. The van der Waals surface area contributed by atoms with E-state index in [-0.39, 0.29) is 49.6 Å². The highest BCUT2D eigenvalue weighted by atomic mass is 32.2. The molecule has 0 radical (unpaired) electrons. The maximum Gasteiger partial charge on any atom is 0.418 e. The first kappa shape index (κ1) is 30.8. The van der Waals surface area contributed by atoms with Crippen LogP contribution in [0.5, 0.6) is 0 Å². The number of ether oxygens (including phenoxy) is 1. The van der Waals surface area contributed by atoms with Crippen LogP contribution in [0, 0.1) is 5.92 Å². The van der Waals surface area contributed by atoms with Crippen LogP contribution in [0.2, 0.25) is 0 Å². The Morgan fingerprint density at radius 3 is 2.39 bits per heavy atom. The van der Waals surface area contributed by atoms with E-state index in [9.17, 15) is 35.9 Å². The van der Waals surface area contributed by atoms with Crippen molar-refractivity contribution in [3.8, 4) is 0 Å². The fourth-order valence-electron chi connectivity index (χ4n) is 5.15. The number of hydrogen-bond acceptors (Lipinski definition) is 5. The van der Waals surface area contributed by atoms with Crippen LogP contribution in [-0.2, 0) is 26.7 Å². The van der Waals surface area contributed by atoms with Crippen LogP contribution in [0.15, 0.2) is 52.3 Å². The zero-order valence-electron chi connectivity index (χ0n) is 21.7. The maximum absolute atomic E-state index is 14.2. The summed E-state index contributed by atoms with van der Waals surface area (Å²) in [7, 11) is 0. The molecule has 1 aliphatic heterocycles. The Balaban J connectivity index is 1.64. The van der Waals surface area contributed by atoms with Crippen molar-refractivity contribution in [2.45, 2.75) is 53.9 Å². The van der Waals surface area contributed by atoms with Gasteiger partial charge < -0.3 is 20.1 Å². The SMILES string of the molecule is O=C(O)CC1CCCC1Nc1cccc(Sc2ccc(C=CC(=O)N3CCOCC3)c(C(F)(F)F)c2C(F)(F)F)c1. The Morgan fingerprint density at radius 2 is 1.73 bits per heavy atom. The molecule has 2 aromatic carbocycles. The smallest absolute Gasteiger partial charge is 0.418 e. The Labute approximate surface area is 236 Å². The molecule has 41 heavy (non-hydrogen) atoms. The quantitative estimate of drug-likeness (QED) is 0.256. The van der Waals surface area contributed by atoms with Crippen molar-refractivity contribution in [3.63, 3.8) is 0 Å². The monoisotopic (exact) mass is 602 g/mol. The number of alkyl halides is 6.